The predicted octanol–water partition coefficient (Wildman–Crippen LogP) is 3.38. The summed E-state index contributed by atoms with van der Waals surface area (Å²) >= 11 is 6.17. The number of ether oxygens (including phenoxy) is 1. The monoisotopic (exact) mass is 390 g/mol. The zero-order valence-electron chi connectivity index (χ0n) is 14.8. The van der Waals surface area contributed by atoms with Gasteiger partial charge in [-0.15, -0.1) is 0 Å². The van der Waals surface area contributed by atoms with Gasteiger partial charge in [-0.1, -0.05) is 11.6 Å². The molecule has 0 radical (unpaired) electrons. The number of carbonyl (C=O) groups is 1. The summed E-state index contributed by atoms with van der Waals surface area (Å²) in [5, 5.41) is 3.05. The smallest absolute Gasteiger partial charge is 0.339 e. The van der Waals surface area contributed by atoms with Gasteiger partial charge < -0.3 is 15.0 Å². The van der Waals surface area contributed by atoms with Gasteiger partial charge in [0.1, 0.15) is 17.2 Å². The van der Waals surface area contributed by atoms with E-state index in [1.165, 1.54) is 19.4 Å². The van der Waals surface area contributed by atoms with E-state index in [1.54, 1.807) is 26.0 Å². The Hall–Kier alpha value is -3.00. The number of pyridine rings is 1. The molecule has 140 valence electrons. The minimum Gasteiger partial charge on any atom is -0.465 e. The molecule has 1 aromatic carbocycles. The third kappa shape index (κ3) is 3.61. The van der Waals surface area contributed by atoms with Gasteiger partial charge in [0.15, 0.2) is 5.82 Å². The minimum absolute atomic E-state index is 0.0715. The number of methoxy groups -OCH3 is 1. The molecule has 1 atom stereocenters. The number of halogens is 2. The molecule has 0 fully saturated rings. The third-order valence-electron chi connectivity index (χ3n) is 4.04. The summed E-state index contributed by atoms with van der Waals surface area (Å²) < 4.78 is 19.3. The van der Waals surface area contributed by atoms with Gasteiger partial charge in [-0.3, -0.25) is 4.79 Å². The quantitative estimate of drug-likeness (QED) is 0.663. The highest BCUT2D eigenvalue weighted by molar-refractivity contribution is 6.32. The summed E-state index contributed by atoms with van der Waals surface area (Å²) in [5.41, 5.74) is 0.176. The molecule has 0 aliphatic heterocycles. The predicted molar refractivity (Wildman–Crippen MR) is 99.7 cm³/mol. The van der Waals surface area contributed by atoms with Crippen LogP contribution in [-0.4, -0.2) is 28.0 Å². The molecule has 27 heavy (non-hydrogen) atoms. The molecule has 2 heterocycles. The minimum atomic E-state index is -0.749. The summed E-state index contributed by atoms with van der Waals surface area (Å²) in [6, 6.07) is 4.18. The standard InChI is InChI=1S/C18H16ClFN4O3/c1-8(22-13-5-4-10(7-21-13)18(26)27-3)11-6-12-16(15(20)14(11)19)23-9(2)24-17(12)25/h4-8H,1-3H3,(H,21,22)(H,23,24,25). The van der Waals surface area contributed by atoms with Crippen molar-refractivity contribution in [3.05, 3.63) is 62.5 Å². The fraction of sp³-hybridized carbons (Fsp3) is 0.222. The number of nitrogens with zero attached hydrogens (tertiary/aromatic N) is 2. The molecule has 1 unspecified atom stereocenters. The number of hydrogen-bond donors (Lipinski definition) is 2. The Morgan fingerprint density at radius 1 is 1.41 bits per heavy atom. The number of aromatic amines is 1. The zero-order valence-corrected chi connectivity index (χ0v) is 15.5. The molecule has 0 spiro atoms. The lowest BCUT2D eigenvalue weighted by atomic mass is 10.0. The summed E-state index contributed by atoms with van der Waals surface area (Å²) in [7, 11) is 1.28. The summed E-state index contributed by atoms with van der Waals surface area (Å²) in [6.07, 6.45) is 1.36. The highest BCUT2D eigenvalue weighted by Crippen LogP contribution is 2.31. The maximum absolute atomic E-state index is 14.7. The highest BCUT2D eigenvalue weighted by atomic mass is 35.5. The van der Waals surface area contributed by atoms with Crippen molar-refractivity contribution in [1.82, 2.24) is 15.0 Å². The average Bonchev–Trinajstić information content (AvgIpc) is 2.64. The van der Waals surface area contributed by atoms with Crippen LogP contribution in [0.1, 0.15) is 34.7 Å². The van der Waals surface area contributed by atoms with Crippen molar-refractivity contribution in [2.45, 2.75) is 19.9 Å². The number of anilines is 1. The van der Waals surface area contributed by atoms with Gasteiger partial charge in [0.2, 0.25) is 0 Å². The van der Waals surface area contributed by atoms with Crippen LogP contribution in [0.25, 0.3) is 10.9 Å². The van der Waals surface area contributed by atoms with E-state index in [0.717, 1.165) is 0 Å². The molecule has 2 N–H and O–H groups in total. The molecule has 0 saturated heterocycles. The Bertz CT molecular complexity index is 1080. The number of aryl methyl sites for hydroxylation is 1. The second-order valence-electron chi connectivity index (χ2n) is 5.93. The molecular formula is C18H16ClFN4O3. The maximum Gasteiger partial charge on any atom is 0.339 e. The molecule has 3 aromatic rings. The van der Waals surface area contributed by atoms with E-state index >= 15 is 0 Å². The lowest BCUT2D eigenvalue weighted by Gasteiger charge is -2.17. The number of carbonyl (C=O) groups excluding carboxylic acids is 1. The van der Waals surface area contributed by atoms with Gasteiger partial charge >= 0.3 is 5.97 Å². The molecule has 0 saturated carbocycles. The molecule has 0 aliphatic rings. The normalized spacial score (nSPS) is 12.0. The van der Waals surface area contributed by atoms with Crippen LogP contribution in [0.5, 0.6) is 0 Å². The van der Waals surface area contributed by atoms with Crippen LogP contribution in [0.2, 0.25) is 5.02 Å². The Kier molecular flexibility index (Phi) is 5.09. The van der Waals surface area contributed by atoms with Gasteiger partial charge in [-0.2, -0.15) is 0 Å². The molecule has 0 aliphatic carbocycles. The highest BCUT2D eigenvalue weighted by Gasteiger charge is 2.19. The van der Waals surface area contributed by atoms with Crippen LogP contribution >= 0.6 is 11.6 Å². The number of H-pyrrole nitrogens is 1. The first-order valence-electron chi connectivity index (χ1n) is 8.01. The molecule has 3 rings (SSSR count). The number of benzene rings is 1. The van der Waals surface area contributed by atoms with E-state index in [0.29, 0.717) is 22.8 Å². The van der Waals surface area contributed by atoms with Crippen molar-refractivity contribution in [3.63, 3.8) is 0 Å². The van der Waals surface area contributed by atoms with Gasteiger partial charge in [-0.05, 0) is 37.6 Å². The summed E-state index contributed by atoms with van der Waals surface area (Å²) in [6.45, 7) is 3.31. The van der Waals surface area contributed by atoms with Crippen molar-refractivity contribution < 1.29 is 13.9 Å². The molecule has 0 bridgehead atoms. The SMILES string of the molecule is COC(=O)c1ccc(NC(C)c2cc3c(=O)[nH]c(C)nc3c(F)c2Cl)nc1. The van der Waals surface area contributed by atoms with E-state index in [9.17, 15) is 14.0 Å². The molecule has 0 amide bonds. The lowest BCUT2D eigenvalue weighted by molar-refractivity contribution is 0.0600. The topological polar surface area (TPSA) is 97.0 Å². The van der Waals surface area contributed by atoms with E-state index in [1.807, 2.05) is 0 Å². The first kappa shape index (κ1) is 18.8. The van der Waals surface area contributed by atoms with Gasteiger partial charge in [0.25, 0.3) is 5.56 Å². The molecule has 7 nitrogen and oxygen atoms in total. The largest absolute Gasteiger partial charge is 0.465 e. The van der Waals surface area contributed by atoms with E-state index in [4.69, 9.17) is 11.6 Å². The molecular weight excluding hydrogens is 375 g/mol. The Morgan fingerprint density at radius 2 is 2.15 bits per heavy atom. The number of aromatic nitrogens is 3. The summed E-state index contributed by atoms with van der Waals surface area (Å²) in [5.74, 6) is -0.497. The van der Waals surface area contributed by atoms with E-state index in [-0.39, 0.29) is 15.9 Å². The van der Waals surface area contributed by atoms with Crippen LogP contribution in [0.3, 0.4) is 0 Å². The van der Waals surface area contributed by atoms with Crippen LogP contribution in [0, 0.1) is 12.7 Å². The van der Waals surface area contributed by atoms with Crippen LogP contribution in [-0.2, 0) is 4.74 Å². The fourth-order valence-corrected chi connectivity index (χ4v) is 2.99. The number of hydrogen-bond acceptors (Lipinski definition) is 6. The van der Waals surface area contributed by atoms with Gasteiger partial charge in [0, 0.05) is 6.20 Å². The van der Waals surface area contributed by atoms with Gasteiger partial charge in [-0.25, -0.2) is 19.2 Å². The Morgan fingerprint density at radius 3 is 2.78 bits per heavy atom. The van der Waals surface area contributed by atoms with Crippen molar-refractivity contribution in [1.29, 1.82) is 0 Å². The Labute approximate surface area is 158 Å². The first-order valence-corrected chi connectivity index (χ1v) is 8.39. The summed E-state index contributed by atoms with van der Waals surface area (Å²) in [4.78, 5) is 34.3. The van der Waals surface area contributed by atoms with Crippen LogP contribution in [0.4, 0.5) is 10.2 Å². The van der Waals surface area contributed by atoms with Gasteiger partial charge in [0.05, 0.1) is 29.1 Å². The van der Waals surface area contributed by atoms with Crippen molar-refractivity contribution >= 4 is 34.3 Å². The molecule has 2 aromatic heterocycles. The second-order valence-corrected chi connectivity index (χ2v) is 6.31. The van der Waals surface area contributed by atoms with Crippen molar-refractivity contribution in [2.24, 2.45) is 0 Å². The number of rotatable bonds is 4. The number of fused-ring (bicyclic) bond motifs is 1. The fourth-order valence-electron chi connectivity index (χ4n) is 2.68. The molecule has 9 heteroatoms. The van der Waals surface area contributed by atoms with Crippen molar-refractivity contribution in [2.75, 3.05) is 12.4 Å². The van der Waals surface area contributed by atoms with E-state index in [2.05, 4.69) is 25.0 Å². The van der Waals surface area contributed by atoms with Crippen molar-refractivity contribution in [3.8, 4) is 0 Å². The third-order valence-corrected chi connectivity index (χ3v) is 4.43. The van der Waals surface area contributed by atoms with Crippen LogP contribution < -0.4 is 10.9 Å². The Balaban J connectivity index is 1.96. The lowest BCUT2D eigenvalue weighted by Crippen LogP contribution is -2.14. The second kappa shape index (κ2) is 7.32. The average molecular weight is 391 g/mol. The van der Waals surface area contributed by atoms with Crippen LogP contribution in [0.15, 0.2) is 29.2 Å². The van der Waals surface area contributed by atoms with E-state index < -0.39 is 23.4 Å². The first-order chi connectivity index (χ1) is 12.8. The number of nitrogens with one attached hydrogen (secondary N) is 2. The zero-order chi connectivity index (χ0) is 19.7. The maximum atomic E-state index is 14.7. The number of esters is 1.